The molecule has 5 rings (SSSR count). The second kappa shape index (κ2) is 11.7. The van der Waals surface area contributed by atoms with Crippen LogP contribution in [-0.2, 0) is 4.79 Å². The number of fused-ring (bicyclic) bond motifs is 1. The SMILES string of the molecule is C=CC=O.CN1CCC(c2cc(-c3ccc(C(=O)Nc4ccccn4)cc3Cl)cc3cncnc23)C1. The summed E-state index contributed by atoms with van der Waals surface area (Å²) >= 11 is 6.66. The van der Waals surface area contributed by atoms with Gasteiger partial charge in [-0.3, -0.25) is 9.59 Å². The van der Waals surface area contributed by atoms with Gasteiger partial charge in [-0.05, 0) is 79.5 Å². The molecule has 8 heteroatoms. The topological polar surface area (TPSA) is 88.1 Å². The standard InChI is InChI=1S/C25H22ClN5O.C3H4O/c1-31-9-7-17(14-31)21-11-18(10-19-13-27-15-29-24(19)21)20-6-5-16(12-22(20)26)25(32)30-23-4-2-3-8-28-23;1-2-3-4/h2-6,8,10-13,15,17H,7,9,14H2,1H3,(H,28,30,32);2-3H,1H2. The number of pyridine rings is 1. The van der Waals surface area contributed by atoms with Crippen LogP contribution in [0.15, 0.2) is 79.9 Å². The Morgan fingerprint density at radius 3 is 2.69 bits per heavy atom. The fraction of sp³-hybridized carbons (Fsp3) is 0.179. The van der Waals surface area contributed by atoms with E-state index < -0.39 is 0 Å². The summed E-state index contributed by atoms with van der Waals surface area (Å²) in [6, 6.07) is 15.0. The molecule has 3 heterocycles. The lowest BCUT2D eigenvalue weighted by atomic mass is 9.91. The normalized spacial score (nSPS) is 15.1. The van der Waals surface area contributed by atoms with Crippen LogP contribution >= 0.6 is 11.6 Å². The molecule has 1 atom stereocenters. The van der Waals surface area contributed by atoms with Crippen LogP contribution in [0.2, 0.25) is 5.02 Å². The lowest BCUT2D eigenvalue weighted by molar-refractivity contribution is -0.104. The van der Waals surface area contributed by atoms with Crippen molar-refractivity contribution in [2.45, 2.75) is 12.3 Å². The Morgan fingerprint density at radius 1 is 1.19 bits per heavy atom. The average Bonchev–Trinajstić information content (AvgIpc) is 3.34. The van der Waals surface area contributed by atoms with E-state index in [9.17, 15) is 4.79 Å². The van der Waals surface area contributed by atoms with E-state index in [0.29, 0.717) is 28.6 Å². The summed E-state index contributed by atoms with van der Waals surface area (Å²) in [6.07, 6.45) is 8.01. The van der Waals surface area contributed by atoms with Gasteiger partial charge in [-0.25, -0.2) is 15.0 Å². The molecule has 0 bridgehead atoms. The van der Waals surface area contributed by atoms with Crippen LogP contribution in [0.1, 0.15) is 28.3 Å². The maximum atomic E-state index is 12.6. The van der Waals surface area contributed by atoms with Gasteiger partial charge in [0, 0.05) is 40.5 Å². The van der Waals surface area contributed by atoms with Crippen molar-refractivity contribution in [2.75, 3.05) is 25.5 Å². The summed E-state index contributed by atoms with van der Waals surface area (Å²) in [6.45, 7) is 5.19. The minimum Gasteiger partial charge on any atom is -0.307 e. The molecule has 4 aromatic rings. The molecule has 1 fully saturated rings. The Bertz CT molecular complexity index is 1390. The molecule has 0 spiro atoms. The van der Waals surface area contributed by atoms with Crippen molar-refractivity contribution in [2.24, 2.45) is 0 Å². The largest absolute Gasteiger partial charge is 0.307 e. The number of rotatable bonds is 5. The van der Waals surface area contributed by atoms with Crippen molar-refractivity contribution < 1.29 is 9.59 Å². The van der Waals surface area contributed by atoms with Crippen LogP contribution in [0.4, 0.5) is 5.82 Å². The molecular weight excluding hydrogens is 474 g/mol. The van der Waals surface area contributed by atoms with E-state index in [4.69, 9.17) is 16.4 Å². The number of carbonyl (C=O) groups is 2. The number of benzene rings is 2. The smallest absolute Gasteiger partial charge is 0.256 e. The maximum absolute atomic E-state index is 12.6. The Kier molecular flexibility index (Phi) is 8.15. The molecule has 1 aliphatic rings. The number of amides is 1. The number of anilines is 1. The molecule has 182 valence electrons. The summed E-state index contributed by atoms with van der Waals surface area (Å²) < 4.78 is 0. The van der Waals surface area contributed by atoms with Gasteiger partial charge in [0.1, 0.15) is 18.4 Å². The van der Waals surface area contributed by atoms with Gasteiger partial charge in [0.2, 0.25) is 0 Å². The first-order valence-corrected chi connectivity index (χ1v) is 11.9. The Labute approximate surface area is 214 Å². The minimum atomic E-state index is -0.251. The van der Waals surface area contributed by atoms with Gasteiger partial charge in [-0.1, -0.05) is 30.3 Å². The predicted octanol–water partition coefficient (Wildman–Crippen LogP) is 5.39. The highest BCUT2D eigenvalue weighted by Crippen LogP contribution is 2.37. The molecule has 0 aliphatic carbocycles. The number of carbonyl (C=O) groups excluding carboxylic acids is 2. The van der Waals surface area contributed by atoms with Crippen LogP contribution < -0.4 is 5.32 Å². The summed E-state index contributed by atoms with van der Waals surface area (Å²) in [7, 11) is 2.15. The van der Waals surface area contributed by atoms with Crippen molar-refractivity contribution in [1.82, 2.24) is 19.9 Å². The Hall–Kier alpha value is -3.94. The molecule has 1 N–H and O–H groups in total. The van der Waals surface area contributed by atoms with Crippen molar-refractivity contribution in [1.29, 1.82) is 0 Å². The first-order chi connectivity index (χ1) is 17.5. The molecule has 0 saturated carbocycles. The zero-order chi connectivity index (χ0) is 25.5. The van der Waals surface area contributed by atoms with Crippen LogP contribution in [0.5, 0.6) is 0 Å². The molecule has 1 aliphatic heterocycles. The van der Waals surface area contributed by atoms with Gasteiger partial charge >= 0.3 is 0 Å². The van der Waals surface area contributed by atoms with E-state index >= 15 is 0 Å². The number of aldehydes is 1. The summed E-state index contributed by atoms with van der Waals surface area (Å²) in [4.78, 5) is 36.9. The third-order valence-electron chi connectivity index (χ3n) is 6.01. The minimum absolute atomic E-state index is 0.251. The summed E-state index contributed by atoms with van der Waals surface area (Å²) in [5.74, 6) is 0.664. The van der Waals surface area contributed by atoms with Gasteiger partial charge in [-0.2, -0.15) is 0 Å². The Morgan fingerprint density at radius 2 is 2.03 bits per heavy atom. The lowest BCUT2D eigenvalue weighted by Gasteiger charge is -2.16. The molecular formula is C28H26ClN5O2. The summed E-state index contributed by atoms with van der Waals surface area (Å²) in [5.41, 5.74) is 4.56. The monoisotopic (exact) mass is 499 g/mol. The number of nitrogens with zero attached hydrogens (tertiary/aromatic N) is 4. The molecule has 36 heavy (non-hydrogen) atoms. The highest BCUT2D eigenvalue weighted by Gasteiger charge is 2.24. The average molecular weight is 500 g/mol. The van der Waals surface area contributed by atoms with E-state index in [1.54, 1.807) is 36.8 Å². The molecule has 1 unspecified atom stereocenters. The third kappa shape index (κ3) is 5.82. The van der Waals surface area contributed by atoms with Crippen LogP contribution in [0.3, 0.4) is 0 Å². The van der Waals surface area contributed by atoms with Gasteiger partial charge < -0.3 is 10.2 Å². The van der Waals surface area contributed by atoms with Crippen molar-refractivity contribution >= 4 is 40.5 Å². The lowest BCUT2D eigenvalue weighted by Crippen LogP contribution is -2.13. The first-order valence-electron chi connectivity index (χ1n) is 11.5. The molecule has 0 radical (unpaired) electrons. The fourth-order valence-electron chi connectivity index (χ4n) is 4.30. The highest BCUT2D eigenvalue weighted by molar-refractivity contribution is 6.33. The maximum Gasteiger partial charge on any atom is 0.256 e. The third-order valence-corrected chi connectivity index (χ3v) is 6.32. The first kappa shape index (κ1) is 25.2. The Balaban J connectivity index is 0.000000709. The van der Waals surface area contributed by atoms with Crippen LogP contribution in [-0.4, -0.2) is 52.2 Å². The molecule has 7 nitrogen and oxygen atoms in total. The summed E-state index contributed by atoms with van der Waals surface area (Å²) in [5, 5.41) is 4.30. The number of hydrogen-bond donors (Lipinski definition) is 1. The second-order valence-corrected chi connectivity index (χ2v) is 8.92. The van der Waals surface area contributed by atoms with Crippen LogP contribution in [0.25, 0.3) is 22.0 Å². The van der Waals surface area contributed by atoms with E-state index in [-0.39, 0.29) is 5.91 Å². The van der Waals surface area contributed by atoms with E-state index in [1.807, 2.05) is 18.3 Å². The number of hydrogen-bond acceptors (Lipinski definition) is 6. The molecule has 1 amide bonds. The quantitative estimate of drug-likeness (QED) is 0.292. The van der Waals surface area contributed by atoms with Gasteiger partial charge in [0.05, 0.1) is 5.52 Å². The zero-order valence-corrected chi connectivity index (χ0v) is 20.7. The van der Waals surface area contributed by atoms with E-state index in [1.165, 1.54) is 11.6 Å². The number of halogens is 1. The number of likely N-dealkylation sites (N-methyl/N-ethyl adjacent to an activating group) is 1. The van der Waals surface area contributed by atoms with Crippen LogP contribution in [0, 0.1) is 0 Å². The van der Waals surface area contributed by atoms with Crippen molar-refractivity contribution in [3.8, 4) is 11.1 Å². The second-order valence-electron chi connectivity index (χ2n) is 8.51. The van der Waals surface area contributed by atoms with E-state index in [2.05, 4.69) is 50.9 Å². The predicted molar refractivity (Wildman–Crippen MR) is 143 cm³/mol. The van der Waals surface area contributed by atoms with Gasteiger partial charge in [-0.15, -0.1) is 0 Å². The number of nitrogens with one attached hydrogen (secondary N) is 1. The molecule has 1 saturated heterocycles. The van der Waals surface area contributed by atoms with Crippen molar-refractivity contribution in [3.05, 3.63) is 96.1 Å². The highest BCUT2D eigenvalue weighted by atomic mass is 35.5. The zero-order valence-electron chi connectivity index (χ0n) is 19.9. The number of allylic oxidation sites excluding steroid dienone is 1. The molecule has 2 aromatic carbocycles. The van der Waals surface area contributed by atoms with Gasteiger partial charge in [0.25, 0.3) is 5.91 Å². The van der Waals surface area contributed by atoms with Gasteiger partial charge in [0.15, 0.2) is 0 Å². The number of likely N-dealkylation sites (tertiary alicyclic amines) is 1. The number of aromatic nitrogens is 3. The fourth-order valence-corrected chi connectivity index (χ4v) is 4.59. The van der Waals surface area contributed by atoms with Crippen molar-refractivity contribution in [3.63, 3.8) is 0 Å². The molecule has 2 aromatic heterocycles. The van der Waals surface area contributed by atoms with E-state index in [0.717, 1.165) is 41.5 Å².